The lowest BCUT2D eigenvalue weighted by Gasteiger charge is -2.20. The van der Waals surface area contributed by atoms with Gasteiger partial charge in [0.15, 0.2) is 4.77 Å². The minimum atomic E-state index is -4.21. The van der Waals surface area contributed by atoms with Crippen LogP contribution in [-0.2, 0) is 5.54 Å². The van der Waals surface area contributed by atoms with Crippen molar-refractivity contribution in [1.29, 1.82) is 0 Å². The molecule has 2 nitrogen and oxygen atoms in total. The van der Waals surface area contributed by atoms with Gasteiger partial charge in [0.25, 0.3) is 0 Å². The smallest absolute Gasteiger partial charge is 0.335 e. The van der Waals surface area contributed by atoms with Gasteiger partial charge in [0.2, 0.25) is 0 Å². The number of aryl methyl sites for hydroxylation is 1. The highest BCUT2D eigenvalue weighted by Gasteiger charge is 2.65. The molecular weight excluding hydrogens is 213 g/mol. The van der Waals surface area contributed by atoms with E-state index < -0.39 is 11.7 Å². The molecule has 2 rings (SSSR count). The SMILES string of the molecule is Cc1cn(C2(C(F)(F)F)CC2)c(=S)[nH]1. The molecule has 1 aliphatic carbocycles. The van der Waals surface area contributed by atoms with Gasteiger partial charge in [0.1, 0.15) is 5.54 Å². The first kappa shape index (κ1) is 9.76. The van der Waals surface area contributed by atoms with Gasteiger partial charge in [-0.1, -0.05) is 0 Å². The van der Waals surface area contributed by atoms with E-state index in [9.17, 15) is 13.2 Å². The van der Waals surface area contributed by atoms with E-state index in [1.807, 2.05) is 0 Å². The van der Waals surface area contributed by atoms with Crippen LogP contribution in [0.1, 0.15) is 18.5 Å². The zero-order valence-electron chi connectivity index (χ0n) is 7.48. The minimum Gasteiger partial charge on any atom is -0.335 e. The number of nitrogens with one attached hydrogen (secondary N) is 1. The highest BCUT2D eigenvalue weighted by Crippen LogP contribution is 2.55. The quantitative estimate of drug-likeness (QED) is 0.724. The van der Waals surface area contributed by atoms with Crippen molar-refractivity contribution in [3.63, 3.8) is 0 Å². The van der Waals surface area contributed by atoms with Crippen LogP contribution in [0.25, 0.3) is 0 Å². The second kappa shape index (κ2) is 2.62. The summed E-state index contributed by atoms with van der Waals surface area (Å²) in [5.41, 5.74) is -1.07. The molecule has 1 aromatic rings. The summed E-state index contributed by atoms with van der Waals surface area (Å²) in [7, 11) is 0. The lowest BCUT2D eigenvalue weighted by atomic mass is 10.2. The van der Waals surface area contributed by atoms with Crippen LogP contribution in [0.4, 0.5) is 13.2 Å². The van der Waals surface area contributed by atoms with Crippen LogP contribution >= 0.6 is 12.2 Å². The third-order valence-corrected chi connectivity index (χ3v) is 2.86. The maximum absolute atomic E-state index is 12.7. The highest BCUT2D eigenvalue weighted by atomic mass is 32.1. The average Bonchev–Trinajstić information content (AvgIpc) is 2.73. The predicted octanol–water partition coefficient (Wildman–Crippen LogP) is 2.91. The Labute approximate surface area is 83.7 Å². The fourth-order valence-corrected chi connectivity index (χ4v) is 2.00. The van der Waals surface area contributed by atoms with Gasteiger partial charge in [0.05, 0.1) is 0 Å². The molecule has 0 bridgehead atoms. The molecule has 0 amide bonds. The van der Waals surface area contributed by atoms with Crippen LogP contribution in [0, 0.1) is 11.7 Å². The first-order valence-electron chi connectivity index (χ1n) is 4.22. The predicted molar refractivity (Wildman–Crippen MR) is 47.6 cm³/mol. The monoisotopic (exact) mass is 222 g/mol. The summed E-state index contributed by atoms with van der Waals surface area (Å²) in [6.45, 7) is 1.69. The van der Waals surface area contributed by atoms with Gasteiger partial charge < -0.3 is 9.55 Å². The zero-order valence-corrected chi connectivity index (χ0v) is 8.30. The van der Waals surface area contributed by atoms with Crippen molar-refractivity contribution in [2.75, 3.05) is 0 Å². The van der Waals surface area contributed by atoms with E-state index in [1.54, 1.807) is 6.92 Å². The number of halogens is 3. The average molecular weight is 222 g/mol. The Balaban J connectivity index is 2.51. The summed E-state index contributed by atoms with van der Waals surface area (Å²) in [6.07, 6.45) is -2.52. The molecule has 1 aromatic heterocycles. The summed E-state index contributed by atoms with van der Waals surface area (Å²) in [6, 6.07) is 0. The van der Waals surface area contributed by atoms with Crippen molar-refractivity contribution in [1.82, 2.24) is 9.55 Å². The summed E-state index contributed by atoms with van der Waals surface area (Å²) < 4.78 is 39.4. The number of H-pyrrole nitrogens is 1. The molecule has 0 unspecified atom stereocenters. The van der Waals surface area contributed by atoms with E-state index in [2.05, 4.69) is 4.98 Å². The molecule has 0 aliphatic heterocycles. The first-order chi connectivity index (χ1) is 6.37. The third-order valence-electron chi connectivity index (χ3n) is 2.56. The van der Waals surface area contributed by atoms with Crippen LogP contribution in [0.3, 0.4) is 0 Å². The molecule has 1 fully saturated rings. The van der Waals surface area contributed by atoms with E-state index in [0.29, 0.717) is 5.69 Å². The first-order valence-corrected chi connectivity index (χ1v) is 4.63. The summed E-state index contributed by atoms with van der Waals surface area (Å²) >= 11 is 4.84. The molecule has 6 heteroatoms. The van der Waals surface area contributed by atoms with Crippen molar-refractivity contribution < 1.29 is 13.2 Å². The van der Waals surface area contributed by atoms with Gasteiger partial charge in [-0.3, -0.25) is 0 Å². The molecule has 1 saturated carbocycles. The molecule has 78 valence electrons. The molecule has 14 heavy (non-hydrogen) atoms. The Bertz CT molecular complexity index is 411. The van der Waals surface area contributed by atoms with E-state index in [4.69, 9.17) is 12.2 Å². The van der Waals surface area contributed by atoms with Crippen molar-refractivity contribution in [3.05, 3.63) is 16.7 Å². The Hall–Kier alpha value is -0.780. The lowest BCUT2D eigenvalue weighted by Crippen LogP contribution is -2.34. The molecule has 1 heterocycles. The van der Waals surface area contributed by atoms with Gasteiger partial charge >= 0.3 is 6.18 Å². The number of rotatable bonds is 1. The van der Waals surface area contributed by atoms with E-state index >= 15 is 0 Å². The molecule has 1 N–H and O–H groups in total. The van der Waals surface area contributed by atoms with Crippen molar-refractivity contribution >= 4 is 12.2 Å². The lowest BCUT2D eigenvalue weighted by molar-refractivity contribution is -0.180. The Kier molecular flexibility index (Phi) is 1.83. The van der Waals surface area contributed by atoms with Crippen LogP contribution in [0.15, 0.2) is 6.20 Å². The maximum Gasteiger partial charge on any atom is 0.412 e. The Morgan fingerprint density at radius 3 is 2.36 bits per heavy atom. The molecule has 1 aliphatic rings. The topological polar surface area (TPSA) is 20.7 Å². The number of aromatic nitrogens is 2. The number of nitrogens with zero attached hydrogens (tertiary/aromatic N) is 1. The summed E-state index contributed by atoms with van der Waals surface area (Å²) in [4.78, 5) is 2.70. The zero-order chi connectivity index (χ0) is 10.6. The number of imidazole rings is 1. The fourth-order valence-electron chi connectivity index (χ4n) is 1.61. The fraction of sp³-hybridized carbons (Fsp3) is 0.625. The van der Waals surface area contributed by atoms with Crippen LogP contribution in [-0.4, -0.2) is 15.7 Å². The van der Waals surface area contributed by atoms with Crippen molar-refractivity contribution in [2.24, 2.45) is 0 Å². The molecule has 0 spiro atoms. The maximum atomic E-state index is 12.7. The highest BCUT2D eigenvalue weighted by molar-refractivity contribution is 7.71. The van der Waals surface area contributed by atoms with Gasteiger partial charge in [-0.15, -0.1) is 0 Å². The van der Waals surface area contributed by atoms with Crippen LogP contribution in [0.2, 0.25) is 0 Å². The van der Waals surface area contributed by atoms with Gasteiger partial charge in [-0.25, -0.2) is 0 Å². The standard InChI is InChI=1S/C8H9F3N2S/c1-5-4-13(6(14)12-5)7(2-3-7)8(9,10)11/h4H,2-3H2,1H3,(H,12,14). The van der Waals surface area contributed by atoms with Gasteiger partial charge in [0, 0.05) is 11.9 Å². The third kappa shape index (κ3) is 1.20. The van der Waals surface area contributed by atoms with E-state index in [1.165, 1.54) is 6.20 Å². The van der Waals surface area contributed by atoms with Crippen molar-refractivity contribution in [2.45, 2.75) is 31.5 Å². The summed E-state index contributed by atoms with van der Waals surface area (Å²) in [5, 5.41) is 0. The Morgan fingerprint density at radius 2 is 2.07 bits per heavy atom. The largest absolute Gasteiger partial charge is 0.412 e. The van der Waals surface area contributed by atoms with E-state index in [-0.39, 0.29) is 17.6 Å². The second-order valence-electron chi connectivity index (χ2n) is 3.64. The van der Waals surface area contributed by atoms with E-state index in [0.717, 1.165) is 4.57 Å². The molecule has 0 atom stereocenters. The number of aromatic amines is 1. The normalized spacial score (nSPS) is 19.7. The van der Waals surface area contributed by atoms with Crippen LogP contribution < -0.4 is 0 Å². The minimum absolute atomic E-state index is 0.127. The Morgan fingerprint density at radius 1 is 1.50 bits per heavy atom. The molecule has 0 aromatic carbocycles. The number of alkyl halides is 3. The van der Waals surface area contributed by atoms with Gasteiger partial charge in [-0.2, -0.15) is 13.2 Å². The molecule has 0 saturated heterocycles. The molecule has 0 radical (unpaired) electrons. The molecular formula is C8H9F3N2S. The van der Waals surface area contributed by atoms with Crippen LogP contribution in [0.5, 0.6) is 0 Å². The second-order valence-corrected chi connectivity index (χ2v) is 4.03. The number of hydrogen-bond acceptors (Lipinski definition) is 1. The summed E-state index contributed by atoms with van der Waals surface area (Å²) in [5.74, 6) is 0. The van der Waals surface area contributed by atoms with Gasteiger partial charge in [-0.05, 0) is 32.0 Å². The van der Waals surface area contributed by atoms with Crippen molar-refractivity contribution in [3.8, 4) is 0 Å². The number of hydrogen-bond donors (Lipinski definition) is 1.